The van der Waals surface area contributed by atoms with Crippen molar-refractivity contribution in [3.8, 4) is 11.4 Å². The van der Waals surface area contributed by atoms with Gasteiger partial charge in [-0.15, -0.1) is 0 Å². The molecule has 10 nitrogen and oxygen atoms in total. The number of nitrogens with one attached hydrogen (secondary N) is 1. The fourth-order valence-corrected chi connectivity index (χ4v) is 3.39. The summed E-state index contributed by atoms with van der Waals surface area (Å²) in [5.41, 5.74) is 3.15. The maximum absolute atomic E-state index is 13.8. The second-order valence-corrected chi connectivity index (χ2v) is 7.28. The Morgan fingerprint density at radius 2 is 1.91 bits per heavy atom. The minimum atomic E-state index is -0.624. The third kappa shape index (κ3) is 4.22. The van der Waals surface area contributed by atoms with Crippen LogP contribution in [0.15, 0.2) is 48.9 Å². The highest BCUT2D eigenvalue weighted by atomic mass is 19.1. The van der Waals surface area contributed by atoms with Crippen molar-refractivity contribution in [2.75, 3.05) is 31.5 Å². The lowest BCUT2D eigenvalue weighted by Gasteiger charge is -2.18. The Bertz CT molecular complexity index is 1390. The van der Waals surface area contributed by atoms with Gasteiger partial charge in [-0.05, 0) is 37.3 Å². The van der Waals surface area contributed by atoms with Crippen molar-refractivity contribution in [3.63, 3.8) is 0 Å². The molecular weight excluding hydrogens is 443 g/mol. The molecule has 34 heavy (non-hydrogen) atoms. The van der Waals surface area contributed by atoms with Gasteiger partial charge in [0.25, 0.3) is 5.91 Å². The van der Waals surface area contributed by atoms with E-state index in [1.807, 2.05) is 0 Å². The third-order valence-corrected chi connectivity index (χ3v) is 5.20. The Balaban J connectivity index is 1.69. The average molecular weight is 464 g/mol. The van der Waals surface area contributed by atoms with Gasteiger partial charge in [0.2, 0.25) is 0 Å². The highest BCUT2D eigenvalue weighted by molar-refractivity contribution is 6.06. The predicted octanol–water partition coefficient (Wildman–Crippen LogP) is 3.73. The number of hydrogen-bond donors (Lipinski definition) is 1. The van der Waals surface area contributed by atoms with Crippen LogP contribution in [0.25, 0.3) is 16.7 Å². The molecule has 0 atom stereocenters. The summed E-state index contributed by atoms with van der Waals surface area (Å²) in [5.74, 6) is -0.549. The SMILES string of the molecule is COC(=O)Nc1ccc(-n2cnc3c(C)nc(C(=O)N(C)c4ccc(F)c(OC)c4)cc32)cn1. The Hall–Kier alpha value is -4.54. The van der Waals surface area contributed by atoms with Crippen molar-refractivity contribution >= 4 is 34.5 Å². The molecule has 0 aliphatic carbocycles. The smallest absolute Gasteiger partial charge is 0.412 e. The van der Waals surface area contributed by atoms with E-state index in [0.717, 1.165) is 0 Å². The van der Waals surface area contributed by atoms with Gasteiger partial charge in [0.1, 0.15) is 23.4 Å². The van der Waals surface area contributed by atoms with Crippen LogP contribution in [0.1, 0.15) is 16.2 Å². The molecule has 0 saturated carbocycles. The second kappa shape index (κ2) is 9.14. The van der Waals surface area contributed by atoms with Gasteiger partial charge in [0.15, 0.2) is 11.6 Å². The first-order valence-electron chi connectivity index (χ1n) is 10.1. The number of pyridine rings is 2. The highest BCUT2D eigenvalue weighted by Gasteiger charge is 2.20. The summed E-state index contributed by atoms with van der Waals surface area (Å²) < 4.78 is 25.1. The zero-order valence-electron chi connectivity index (χ0n) is 18.9. The van der Waals surface area contributed by atoms with E-state index < -0.39 is 11.9 Å². The van der Waals surface area contributed by atoms with E-state index in [1.165, 1.54) is 37.3 Å². The lowest BCUT2D eigenvalue weighted by Crippen LogP contribution is -2.27. The first kappa shape index (κ1) is 22.6. The number of methoxy groups -OCH3 is 2. The molecule has 3 aromatic heterocycles. The fourth-order valence-electron chi connectivity index (χ4n) is 3.39. The number of anilines is 2. The number of carbonyl (C=O) groups excluding carboxylic acids is 2. The Kier molecular flexibility index (Phi) is 6.09. The summed E-state index contributed by atoms with van der Waals surface area (Å²) in [6.07, 6.45) is 2.54. The lowest BCUT2D eigenvalue weighted by molar-refractivity contribution is 0.0988. The number of ether oxygens (including phenoxy) is 2. The molecule has 1 aromatic carbocycles. The van der Waals surface area contributed by atoms with E-state index in [-0.39, 0.29) is 17.4 Å². The van der Waals surface area contributed by atoms with E-state index in [4.69, 9.17) is 4.74 Å². The molecule has 0 radical (unpaired) electrons. The quantitative estimate of drug-likeness (QED) is 0.479. The monoisotopic (exact) mass is 464 g/mol. The van der Waals surface area contributed by atoms with E-state index in [2.05, 4.69) is 25.0 Å². The topological polar surface area (TPSA) is 111 Å². The van der Waals surface area contributed by atoms with Gasteiger partial charge in [-0.2, -0.15) is 0 Å². The number of hydrogen-bond acceptors (Lipinski definition) is 7. The first-order valence-corrected chi connectivity index (χ1v) is 10.1. The number of fused-ring (bicyclic) bond motifs is 1. The van der Waals surface area contributed by atoms with Crippen LogP contribution in [-0.4, -0.2) is 52.8 Å². The Morgan fingerprint density at radius 3 is 2.59 bits per heavy atom. The molecule has 4 rings (SSSR count). The van der Waals surface area contributed by atoms with Crippen molar-refractivity contribution in [2.45, 2.75) is 6.92 Å². The molecular formula is C23H21FN6O4. The summed E-state index contributed by atoms with van der Waals surface area (Å²) in [6, 6.07) is 9.16. The number of halogens is 1. The van der Waals surface area contributed by atoms with E-state index >= 15 is 0 Å². The number of nitrogens with zero attached hydrogens (tertiary/aromatic N) is 5. The minimum absolute atomic E-state index is 0.0347. The maximum atomic E-state index is 13.8. The van der Waals surface area contributed by atoms with Gasteiger partial charge >= 0.3 is 6.09 Å². The Morgan fingerprint density at radius 1 is 1.12 bits per heavy atom. The number of rotatable bonds is 5. The van der Waals surface area contributed by atoms with Crippen molar-refractivity contribution in [2.24, 2.45) is 0 Å². The third-order valence-electron chi connectivity index (χ3n) is 5.20. The van der Waals surface area contributed by atoms with Crippen molar-refractivity contribution in [1.29, 1.82) is 0 Å². The molecule has 0 spiro atoms. The van der Waals surface area contributed by atoms with Crippen LogP contribution >= 0.6 is 0 Å². The molecule has 0 aliphatic heterocycles. The summed E-state index contributed by atoms with van der Waals surface area (Å²) in [4.78, 5) is 39.0. The second-order valence-electron chi connectivity index (χ2n) is 7.28. The summed E-state index contributed by atoms with van der Waals surface area (Å²) in [7, 11) is 4.20. The van der Waals surface area contributed by atoms with Gasteiger partial charge in [-0.3, -0.25) is 14.7 Å². The van der Waals surface area contributed by atoms with Crippen LogP contribution < -0.4 is 15.0 Å². The fraction of sp³-hybridized carbons (Fsp3) is 0.174. The maximum Gasteiger partial charge on any atom is 0.412 e. The van der Waals surface area contributed by atoms with Crippen LogP contribution in [0.3, 0.4) is 0 Å². The van der Waals surface area contributed by atoms with E-state index in [1.54, 1.807) is 49.3 Å². The Labute approximate surface area is 194 Å². The molecule has 11 heteroatoms. The molecule has 2 amide bonds. The number of carbonyl (C=O) groups is 2. The summed E-state index contributed by atoms with van der Waals surface area (Å²) >= 11 is 0. The van der Waals surface area contributed by atoms with Gasteiger partial charge in [-0.25, -0.2) is 24.1 Å². The van der Waals surface area contributed by atoms with Crippen molar-refractivity contribution < 1.29 is 23.5 Å². The number of aryl methyl sites for hydroxylation is 1. The molecule has 0 aliphatic rings. The van der Waals surface area contributed by atoms with Crippen LogP contribution in [-0.2, 0) is 4.74 Å². The summed E-state index contributed by atoms with van der Waals surface area (Å²) in [6.45, 7) is 1.76. The molecule has 3 heterocycles. The van der Waals surface area contributed by atoms with Crippen LogP contribution in [0, 0.1) is 12.7 Å². The van der Waals surface area contributed by atoms with Crippen molar-refractivity contribution in [1.82, 2.24) is 19.5 Å². The van der Waals surface area contributed by atoms with Crippen LogP contribution in [0.4, 0.5) is 20.7 Å². The first-order chi connectivity index (χ1) is 16.3. The molecule has 174 valence electrons. The number of imidazole rings is 1. The molecule has 0 bridgehead atoms. The zero-order valence-corrected chi connectivity index (χ0v) is 18.9. The average Bonchev–Trinajstić information content (AvgIpc) is 3.28. The molecule has 1 N–H and O–H groups in total. The van der Waals surface area contributed by atoms with Crippen molar-refractivity contribution in [3.05, 3.63) is 66.1 Å². The standard InChI is InChI=1S/C23H21FN6O4/c1-13-21-18(30(12-26-21)15-6-8-20(25-11-15)28-23(32)34-4)10-17(27-13)22(31)29(2)14-5-7-16(24)19(9-14)33-3/h5-12H,1-4H3,(H,25,28,32). The van der Waals surface area contributed by atoms with E-state index in [0.29, 0.717) is 33.9 Å². The predicted molar refractivity (Wildman–Crippen MR) is 123 cm³/mol. The van der Waals surface area contributed by atoms with Gasteiger partial charge in [-0.1, -0.05) is 0 Å². The highest BCUT2D eigenvalue weighted by Crippen LogP contribution is 2.26. The van der Waals surface area contributed by atoms with E-state index in [9.17, 15) is 14.0 Å². The zero-order chi connectivity index (χ0) is 24.4. The largest absolute Gasteiger partial charge is 0.494 e. The lowest BCUT2D eigenvalue weighted by atomic mass is 10.2. The number of benzene rings is 1. The van der Waals surface area contributed by atoms with Gasteiger partial charge in [0, 0.05) is 18.8 Å². The van der Waals surface area contributed by atoms with Crippen LogP contribution in [0.2, 0.25) is 0 Å². The number of aromatic nitrogens is 4. The minimum Gasteiger partial charge on any atom is -0.494 e. The molecule has 0 fully saturated rings. The van der Waals surface area contributed by atoms with Gasteiger partial charge in [0.05, 0.1) is 37.3 Å². The summed E-state index contributed by atoms with van der Waals surface area (Å²) in [5, 5.41) is 2.48. The van der Waals surface area contributed by atoms with Crippen LogP contribution in [0.5, 0.6) is 5.75 Å². The molecule has 0 saturated heterocycles. The van der Waals surface area contributed by atoms with Gasteiger partial charge < -0.3 is 14.4 Å². The normalized spacial score (nSPS) is 10.7. The molecule has 4 aromatic rings. The number of amides is 2. The molecule has 0 unspecified atom stereocenters.